The smallest absolute Gasteiger partial charge is 0.428 e. The second-order valence-corrected chi connectivity index (χ2v) is 13.0. The average molecular weight is 625 g/mol. The van der Waals surface area contributed by atoms with E-state index in [-0.39, 0.29) is 17.6 Å². The zero-order valence-corrected chi connectivity index (χ0v) is 27.0. The first-order valence-electron chi connectivity index (χ1n) is 15.7. The van der Waals surface area contributed by atoms with Crippen LogP contribution in [-0.2, 0) is 29.0 Å². The summed E-state index contributed by atoms with van der Waals surface area (Å²) in [5, 5.41) is 0. The Balaban J connectivity index is 1.14. The maximum atomic E-state index is 12.2. The Morgan fingerprint density at radius 1 is 0.533 bits per heavy atom. The minimum Gasteiger partial charge on any atom is -0.428 e. The van der Waals surface area contributed by atoms with E-state index in [2.05, 4.69) is 33.4 Å². The fraction of sp³-hybridized carbons (Fsp3) is 0.543. The van der Waals surface area contributed by atoms with Crippen molar-refractivity contribution in [3.05, 3.63) is 69.8 Å². The fourth-order valence-electron chi connectivity index (χ4n) is 6.47. The van der Waals surface area contributed by atoms with E-state index in [1.807, 2.05) is 27.7 Å². The summed E-state index contributed by atoms with van der Waals surface area (Å²) in [7, 11) is 0. The van der Waals surface area contributed by atoms with Gasteiger partial charge in [-0.1, -0.05) is 26.0 Å². The highest BCUT2D eigenvalue weighted by Crippen LogP contribution is 2.49. The van der Waals surface area contributed by atoms with Crippen LogP contribution in [0.5, 0.6) is 0 Å². The topological polar surface area (TPSA) is 124 Å². The van der Waals surface area contributed by atoms with Crippen LogP contribution in [0.3, 0.4) is 0 Å². The zero-order valence-electron chi connectivity index (χ0n) is 27.0. The molecule has 0 radical (unpaired) electrons. The largest absolute Gasteiger partial charge is 0.550 e. The highest BCUT2D eigenvalue weighted by Gasteiger charge is 2.41. The summed E-state index contributed by atoms with van der Waals surface area (Å²) in [5.41, 5.74) is 4.58. The lowest BCUT2D eigenvalue weighted by Gasteiger charge is -2.46. The van der Waals surface area contributed by atoms with Crippen LogP contribution in [0.1, 0.15) is 108 Å². The van der Waals surface area contributed by atoms with Crippen LogP contribution in [0.25, 0.3) is 0 Å². The van der Waals surface area contributed by atoms with Crippen LogP contribution in [0, 0.1) is 44.9 Å². The molecule has 0 aliphatic heterocycles. The zero-order chi connectivity index (χ0) is 32.7. The normalized spacial score (nSPS) is 21.6. The van der Waals surface area contributed by atoms with Crippen molar-refractivity contribution in [3.8, 4) is 0 Å². The minimum atomic E-state index is -1.02. The molecule has 2 aliphatic carbocycles. The van der Waals surface area contributed by atoms with E-state index >= 15 is 0 Å². The van der Waals surface area contributed by atoms with Crippen molar-refractivity contribution >= 4 is 24.2 Å². The molecule has 244 valence electrons. The standard InChI is InChI=1S/C35H44O10/c1-21-7-9-25(19-23(21)3)31(36)42-44-33(38)40-29-15-11-27(12-16-29)35(5,6)28-13-17-30(18-14-28)41-34(39)45-43-32(37)26-10-8-22(2)24(4)20-26/h7-10,19-20,27-30H,11-18H2,1-6H3. The summed E-state index contributed by atoms with van der Waals surface area (Å²) in [6.07, 6.45) is 3.69. The highest BCUT2D eigenvalue weighted by atomic mass is 17.2. The molecule has 0 atom stereocenters. The van der Waals surface area contributed by atoms with Crippen molar-refractivity contribution < 1.29 is 48.2 Å². The van der Waals surface area contributed by atoms with Crippen LogP contribution in [0.15, 0.2) is 36.4 Å². The molecule has 2 aromatic carbocycles. The second kappa shape index (κ2) is 14.8. The Labute approximate surface area is 264 Å². The van der Waals surface area contributed by atoms with Gasteiger partial charge in [-0.05, 0) is 143 Å². The molecule has 0 N–H and O–H groups in total. The first-order chi connectivity index (χ1) is 21.3. The van der Waals surface area contributed by atoms with Gasteiger partial charge in [0, 0.05) is 0 Å². The highest BCUT2D eigenvalue weighted by molar-refractivity contribution is 5.90. The molecule has 0 bridgehead atoms. The maximum absolute atomic E-state index is 12.2. The molecular formula is C35H44O10. The molecule has 2 aliphatic rings. The molecule has 0 aromatic heterocycles. The Hall–Kier alpha value is -4.08. The van der Waals surface area contributed by atoms with Crippen LogP contribution < -0.4 is 0 Å². The van der Waals surface area contributed by atoms with Crippen molar-refractivity contribution in [2.45, 2.75) is 105 Å². The lowest BCUT2D eigenvalue weighted by Crippen LogP contribution is -2.39. The molecule has 0 spiro atoms. The second-order valence-electron chi connectivity index (χ2n) is 13.0. The van der Waals surface area contributed by atoms with Gasteiger partial charge in [0.2, 0.25) is 0 Å². The third kappa shape index (κ3) is 8.99. The van der Waals surface area contributed by atoms with Gasteiger partial charge in [-0.15, -0.1) is 0 Å². The lowest BCUT2D eigenvalue weighted by molar-refractivity contribution is -0.209. The number of hydrogen-bond acceptors (Lipinski definition) is 10. The number of hydrogen-bond donors (Lipinski definition) is 0. The van der Waals surface area contributed by atoms with Crippen molar-refractivity contribution in [3.63, 3.8) is 0 Å². The summed E-state index contributed by atoms with van der Waals surface area (Å²) in [4.78, 5) is 67.4. The monoisotopic (exact) mass is 624 g/mol. The maximum Gasteiger partial charge on any atom is 0.550 e. The van der Waals surface area contributed by atoms with Gasteiger partial charge in [0.05, 0.1) is 11.1 Å². The van der Waals surface area contributed by atoms with Gasteiger partial charge in [0.15, 0.2) is 0 Å². The van der Waals surface area contributed by atoms with Crippen LogP contribution in [0.4, 0.5) is 9.59 Å². The van der Waals surface area contributed by atoms with Crippen molar-refractivity contribution in [2.24, 2.45) is 17.3 Å². The minimum absolute atomic E-state index is 0.0420. The van der Waals surface area contributed by atoms with E-state index in [4.69, 9.17) is 9.47 Å². The summed E-state index contributed by atoms with van der Waals surface area (Å²) in [6, 6.07) is 10.2. The van der Waals surface area contributed by atoms with Crippen LogP contribution >= 0.6 is 0 Å². The first kappa shape index (κ1) is 33.8. The molecule has 2 aromatic rings. The number of benzene rings is 2. The molecule has 2 fully saturated rings. The number of aryl methyl sites for hydroxylation is 4. The van der Waals surface area contributed by atoms with Crippen LogP contribution in [-0.4, -0.2) is 36.5 Å². The Bertz CT molecular complexity index is 1280. The first-order valence-corrected chi connectivity index (χ1v) is 15.7. The quantitative estimate of drug-likeness (QED) is 0.176. The molecule has 45 heavy (non-hydrogen) atoms. The molecular weight excluding hydrogens is 580 g/mol. The molecule has 2 saturated carbocycles. The summed E-state index contributed by atoms with van der Waals surface area (Å²) in [6.45, 7) is 12.2. The molecule has 0 heterocycles. The molecule has 0 amide bonds. The van der Waals surface area contributed by atoms with E-state index in [1.165, 1.54) is 0 Å². The van der Waals surface area contributed by atoms with Gasteiger partial charge >= 0.3 is 24.2 Å². The average Bonchev–Trinajstić information content (AvgIpc) is 3.02. The molecule has 0 saturated heterocycles. The van der Waals surface area contributed by atoms with Gasteiger partial charge < -0.3 is 9.47 Å². The molecule has 0 unspecified atom stereocenters. The van der Waals surface area contributed by atoms with E-state index in [1.54, 1.807) is 36.4 Å². The van der Waals surface area contributed by atoms with Crippen molar-refractivity contribution in [2.75, 3.05) is 0 Å². The van der Waals surface area contributed by atoms with Gasteiger partial charge in [-0.2, -0.15) is 9.59 Å². The van der Waals surface area contributed by atoms with E-state index in [0.717, 1.165) is 47.9 Å². The Morgan fingerprint density at radius 2 is 0.889 bits per heavy atom. The van der Waals surface area contributed by atoms with E-state index in [9.17, 15) is 19.2 Å². The molecule has 10 heteroatoms. The van der Waals surface area contributed by atoms with Gasteiger partial charge in [-0.25, -0.2) is 29.1 Å². The third-order valence-electron chi connectivity index (χ3n) is 9.83. The number of rotatable bonds is 6. The number of carbonyl (C=O) groups excluding carboxylic acids is 4. The number of carbonyl (C=O) groups is 4. The molecule has 10 nitrogen and oxygen atoms in total. The predicted molar refractivity (Wildman–Crippen MR) is 163 cm³/mol. The predicted octanol–water partition coefficient (Wildman–Crippen LogP) is 8.21. The van der Waals surface area contributed by atoms with Gasteiger partial charge in [-0.3, -0.25) is 0 Å². The summed E-state index contributed by atoms with van der Waals surface area (Å²) >= 11 is 0. The molecule has 4 rings (SSSR count). The fourth-order valence-corrected chi connectivity index (χ4v) is 6.47. The number of ether oxygens (including phenoxy) is 2. The van der Waals surface area contributed by atoms with Crippen LogP contribution in [0.2, 0.25) is 0 Å². The Morgan fingerprint density at radius 3 is 1.22 bits per heavy atom. The lowest BCUT2D eigenvalue weighted by atomic mass is 9.60. The van der Waals surface area contributed by atoms with Crippen molar-refractivity contribution in [1.82, 2.24) is 0 Å². The van der Waals surface area contributed by atoms with Gasteiger partial charge in [0.1, 0.15) is 12.2 Å². The SMILES string of the molecule is Cc1ccc(C(=O)OOC(=O)OC2CCC(C(C)(C)C3CCC(OC(=O)OOC(=O)c4ccc(C)c(C)c4)CC3)CC2)cc1C. The van der Waals surface area contributed by atoms with E-state index in [0.29, 0.717) is 48.6 Å². The third-order valence-corrected chi connectivity index (χ3v) is 9.83. The summed E-state index contributed by atoms with van der Waals surface area (Å²) < 4.78 is 10.8. The van der Waals surface area contributed by atoms with Gasteiger partial charge in [0.25, 0.3) is 0 Å². The summed E-state index contributed by atoms with van der Waals surface area (Å²) in [5.74, 6) is -0.635. The Kier molecular flexibility index (Phi) is 11.1. The van der Waals surface area contributed by atoms with E-state index < -0.39 is 24.2 Å². The van der Waals surface area contributed by atoms with Crippen molar-refractivity contribution in [1.29, 1.82) is 0 Å².